The van der Waals surface area contributed by atoms with Crippen LogP contribution in [0.2, 0.25) is 0 Å². The van der Waals surface area contributed by atoms with Crippen molar-refractivity contribution >= 4 is 5.97 Å². The predicted molar refractivity (Wildman–Crippen MR) is 69.2 cm³/mol. The molecule has 1 spiro atoms. The summed E-state index contributed by atoms with van der Waals surface area (Å²) < 4.78 is 5.28. The first kappa shape index (κ1) is 12.4. The number of carbonyl (C=O) groups is 1. The van der Waals surface area contributed by atoms with Crippen LogP contribution in [0.5, 0.6) is 0 Å². The van der Waals surface area contributed by atoms with E-state index in [-0.39, 0.29) is 17.3 Å². The molecule has 1 saturated carbocycles. The Labute approximate surface area is 109 Å². The van der Waals surface area contributed by atoms with Gasteiger partial charge in [-0.25, -0.2) is 0 Å². The highest BCUT2D eigenvalue weighted by Crippen LogP contribution is 2.49. The SMILES string of the molecule is CCOC(=O)C1CNCC12CCC1CCNC2C1. The lowest BCUT2D eigenvalue weighted by Crippen LogP contribution is -2.58. The summed E-state index contributed by atoms with van der Waals surface area (Å²) in [5.74, 6) is 0.938. The molecule has 2 saturated heterocycles. The number of fused-ring (bicyclic) bond motifs is 3. The minimum Gasteiger partial charge on any atom is -0.466 e. The second-order valence-electron chi connectivity index (χ2n) is 6.10. The quantitative estimate of drug-likeness (QED) is 0.718. The topological polar surface area (TPSA) is 50.4 Å². The molecule has 0 aromatic carbocycles. The van der Waals surface area contributed by atoms with Gasteiger partial charge in [0.05, 0.1) is 12.5 Å². The minimum atomic E-state index is 0.00771. The van der Waals surface area contributed by atoms with Crippen LogP contribution in [0.4, 0.5) is 0 Å². The molecule has 4 atom stereocenters. The molecule has 0 radical (unpaired) electrons. The van der Waals surface area contributed by atoms with Gasteiger partial charge in [-0.1, -0.05) is 0 Å². The van der Waals surface area contributed by atoms with Gasteiger partial charge in [0.15, 0.2) is 0 Å². The summed E-state index contributed by atoms with van der Waals surface area (Å²) in [6, 6.07) is 0.509. The third kappa shape index (κ3) is 1.86. The van der Waals surface area contributed by atoms with Crippen LogP contribution < -0.4 is 10.6 Å². The maximum atomic E-state index is 12.2. The lowest BCUT2D eigenvalue weighted by atomic mass is 9.60. The van der Waals surface area contributed by atoms with Gasteiger partial charge in [-0.3, -0.25) is 4.79 Å². The highest BCUT2D eigenvalue weighted by Gasteiger charge is 2.55. The molecule has 2 heterocycles. The Bertz CT molecular complexity index is 334. The van der Waals surface area contributed by atoms with E-state index in [1.165, 1.54) is 25.7 Å². The standard InChI is InChI=1S/C14H24N2O2/c1-2-18-13(17)11-8-15-9-14(11)5-3-10-4-6-16-12(14)7-10/h10-12,15-16H,2-9H2,1H3. The van der Waals surface area contributed by atoms with Crippen molar-refractivity contribution in [3.05, 3.63) is 0 Å². The minimum absolute atomic E-state index is 0.00771. The van der Waals surface area contributed by atoms with Gasteiger partial charge in [0, 0.05) is 24.5 Å². The number of ether oxygens (including phenoxy) is 1. The van der Waals surface area contributed by atoms with Crippen molar-refractivity contribution in [2.75, 3.05) is 26.2 Å². The first-order valence-electron chi connectivity index (χ1n) is 7.37. The van der Waals surface area contributed by atoms with Crippen LogP contribution in [0.1, 0.15) is 32.6 Å². The van der Waals surface area contributed by atoms with Crippen molar-refractivity contribution < 1.29 is 9.53 Å². The van der Waals surface area contributed by atoms with Crippen LogP contribution in [-0.2, 0) is 9.53 Å². The molecule has 3 fully saturated rings. The van der Waals surface area contributed by atoms with Gasteiger partial charge in [-0.05, 0) is 45.1 Å². The summed E-state index contributed by atoms with van der Waals surface area (Å²) in [4.78, 5) is 12.2. The van der Waals surface area contributed by atoms with E-state index in [0.29, 0.717) is 12.6 Å². The fraction of sp³-hybridized carbons (Fsp3) is 0.929. The molecule has 4 nitrogen and oxygen atoms in total. The van der Waals surface area contributed by atoms with E-state index < -0.39 is 0 Å². The maximum absolute atomic E-state index is 12.2. The van der Waals surface area contributed by atoms with Gasteiger partial charge in [-0.15, -0.1) is 0 Å². The number of hydrogen-bond acceptors (Lipinski definition) is 4. The molecule has 18 heavy (non-hydrogen) atoms. The Hall–Kier alpha value is -0.610. The molecule has 3 rings (SSSR count). The predicted octanol–water partition coefficient (Wildman–Crippen LogP) is 0.917. The molecule has 0 amide bonds. The zero-order valence-corrected chi connectivity index (χ0v) is 11.2. The molecule has 3 aliphatic rings. The lowest BCUT2D eigenvalue weighted by molar-refractivity contribution is -0.153. The van der Waals surface area contributed by atoms with Gasteiger partial charge < -0.3 is 15.4 Å². The lowest BCUT2D eigenvalue weighted by Gasteiger charge is -2.49. The van der Waals surface area contributed by atoms with Crippen molar-refractivity contribution in [3.8, 4) is 0 Å². The van der Waals surface area contributed by atoms with Gasteiger partial charge in [0.2, 0.25) is 0 Å². The molecule has 2 N–H and O–H groups in total. The van der Waals surface area contributed by atoms with Crippen LogP contribution in [0.15, 0.2) is 0 Å². The van der Waals surface area contributed by atoms with Crippen LogP contribution in [0.3, 0.4) is 0 Å². The van der Waals surface area contributed by atoms with Crippen molar-refractivity contribution in [2.45, 2.75) is 38.6 Å². The largest absolute Gasteiger partial charge is 0.466 e. The third-order valence-corrected chi connectivity index (χ3v) is 5.29. The van der Waals surface area contributed by atoms with Crippen LogP contribution in [-0.4, -0.2) is 38.3 Å². The second kappa shape index (κ2) is 4.82. The van der Waals surface area contributed by atoms with Crippen LogP contribution in [0.25, 0.3) is 0 Å². The normalized spacial score (nSPS) is 43.1. The van der Waals surface area contributed by atoms with Crippen LogP contribution in [0, 0.1) is 17.3 Å². The molecule has 4 unspecified atom stereocenters. The first-order valence-corrected chi connectivity index (χ1v) is 7.37. The first-order chi connectivity index (χ1) is 8.76. The van der Waals surface area contributed by atoms with E-state index in [1.807, 2.05) is 6.92 Å². The molecular formula is C14H24N2O2. The molecular weight excluding hydrogens is 228 g/mol. The summed E-state index contributed by atoms with van der Waals surface area (Å²) in [7, 11) is 0. The fourth-order valence-electron chi connectivity index (χ4n) is 4.31. The molecule has 0 aromatic heterocycles. The summed E-state index contributed by atoms with van der Waals surface area (Å²) in [6.07, 6.45) is 5.02. The van der Waals surface area contributed by atoms with E-state index in [0.717, 1.165) is 25.6 Å². The Morgan fingerprint density at radius 3 is 3.17 bits per heavy atom. The van der Waals surface area contributed by atoms with Gasteiger partial charge in [0.1, 0.15) is 0 Å². The number of hydrogen-bond donors (Lipinski definition) is 2. The number of carbonyl (C=O) groups excluding carboxylic acids is 1. The molecule has 4 heteroatoms. The van der Waals surface area contributed by atoms with Crippen LogP contribution >= 0.6 is 0 Å². The smallest absolute Gasteiger partial charge is 0.310 e. The Kier molecular flexibility index (Phi) is 3.32. The number of piperidine rings is 1. The van der Waals surface area contributed by atoms with Gasteiger partial charge in [0.25, 0.3) is 0 Å². The molecule has 102 valence electrons. The molecule has 2 aliphatic heterocycles. The molecule has 2 bridgehead atoms. The number of esters is 1. The summed E-state index contributed by atoms with van der Waals surface area (Å²) >= 11 is 0. The van der Waals surface area contributed by atoms with Crippen molar-refractivity contribution in [1.82, 2.24) is 10.6 Å². The molecule has 0 aromatic rings. The second-order valence-corrected chi connectivity index (χ2v) is 6.10. The van der Waals surface area contributed by atoms with E-state index in [1.54, 1.807) is 0 Å². The highest BCUT2D eigenvalue weighted by atomic mass is 16.5. The van der Waals surface area contributed by atoms with Crippen molar-refractivity contribution in [2.24, 2.45) is 17.3 Å². The number of rotatable bonds is 2. The summed E-state index contributed by atoms with van der Waals surface area (Å²) in [5, 5.41) is 7.10. The third-order valence-electron chi connectivity index (χ3n) is 5.29. The van der Waals surface area contributed by atoms with E-state index in [9.17, 15) is 4.79 Å². The summed E-state index contributed by atoms with van der Waals surface area (Å²) in [6.45, 7) is 5.27. The average molecular weight is 252 g/mol. The van der Waals surface area contributed by atoms with Crippen molar-refractivity contribution in [3.63, 3.8) is 0 Å². The van der Waals surface area contributed by atoms with E-state index in [2.05, 4.69) is 10.6 Å². The Morgan fingerprint density at radius 1 is 1.44 bits per heavy atom. The van der Waals surface area contributed by atoms with Gasteiger partial charge >= 0.3 is 5.97 Å². The zero-order chi connectivity index (χ0) is 12.6. The van der Waals surface area contributed by atoms with E-state index >= 15 is 0 Å². The molecule has 1 aliphatic carbocycles. The maximum Gasteiger partial charge on any atom is 0.310 e. The Balaban J connectivity index is 1.81. The van der Waals surface area contributed by atoms with Gasteiger partial charge in [-0.2, -0.15) is 0 Å². The average Bonchev–Trinajstić information content (AvgIpc) is 2.81. The van der Waals surface area contributed by atoms with Crippen molar-refractivity contribution in [1.29, 1.82) is 0 Å². The summed E-state index contributed by atoms with van der Waals surface area (Å²) in [5.41, 5.74) is 0.114. The monoisotopic (exact) mass is 252 g/mol. The zero-order valence-electron chi connectivity index (χ0n) is 11.2. The highest BCUT2D eigenvalue weighted by molar-refractivity contribution is 5.74. The fourth-order valence-corrected chi connectivity index (χ4v) is 4.31. The number of nitrogens with one attached hydrogen (secondary N) is 2. The Morgan fingerprint density at radius 2 is 2.33 bits per heavy atom. The van der Waals surface area contributed by atoms with E-state index in [4.69, 9.17) is 4.74 Å².